The van der Waals surface area contributed by atoms with E-state index in [1.54, 1.807) is 42.5 Å². The number of amides is 3. The molecule has 1 aliphatic heterocycles. The topological polar surface area (TPSA) is 84.3 Å². The van der Waals surface area contributed by atoms with Gasteiger partial charge in [0.2, 0.25) is 0 Å². The molecule has 3 amide bonds. The van der Waals surface area contributed by atoms with Crippen LogP contribution in [-0.2, 0) is 12.7 Å². The van der Waals surface area contributed by atoms with Crippen LogP contribution in [-0.4, -0.2) is 34.0 Å². The number of imide groups is 1. The number of aromatic nitrogens is 2. The van der Waals surface area contributed by atoms with E-state index >= 15 is 0 Å². The summed E-state index contributed by atoms with van der Waals surface area (Å²) in [4.78, 5) is 38.9. The van der Waals surface area contributed by atoms with E-state index in [-0.39, 0.29) is 24.3 Å². The smallest absolute Gasteiger partial charge is 0.352 e. The molecule has 33 heavy (non-hydrogen) atoms. The van der Waals surface area contributed by atoms with Crippen molar-refractivity contribution in [2.45, 2.75) is 26.1 Å². The molecule has 0 aliphatic carbocycles. The molecule has 7 nitrogen and oxygen atoms in total. The van der Waals surface area contributed by atoms with Crippen LogP contribution in [0, 0.1) is 6.92 Å². The van der Waals surface area contributed by atoms with Crippen LogP contribution >= 0.6 is 0 Å². The van der Waals surface area contributed by atoms with Gasteiger partial charge in [-0.3, -0.25) is 19.1 Å². The van der Waals surface area contributed by atoms with Gasteiger partial charge in [-0.25, -0.2) is 4.90 Å². The second-order valence-electron chi connectivity index (χ2n) is 7.54. The van der Waals surface area contributed by atoms with E-state index in [0.717, 1.165) is 11.0 Å². The van der Waals surface area contributed by atoms with Gasteiger partial charge >= 0.3 is 6.18 Å². The average molecular weight is 456 g/mol. The van der Waals surface area contributed by atoms with E-state index in [1.165, 1.54) is 17.7 Å². The number of nitrogens with zero attached hydrogens (tertiary/aromatic N) is 3. The van der Waals surface area contributed by atoms with Gasteiger partial charge in [-0.2, -0.15) is 18.3 Å². The van der Waals surface area contributed by atoms with Crippen LogP contribution in [0.15, 0.2) is 54.6 Å². The first-order valence-corrected chi connectivity index (χ1v) is 10.1. The van der Waals surface area contributed by atoms with Gasteiger partial charge in [0.1, 0.15) is 0 Å². The molecule has 10 heteroatoms. The lowest BCUT2D eigenvalue weighted by Gasteiger charge is -2.15. The van der Waals surface area contributed by atoms with Crippen LogP contribution in [0.25, 0.3) is 0 Å². The Kier molecular flexibility index (Phi) is 5.75. The summed E-state index contributed by atoms with van der Waals surface area (Å²) in [6.07, 6.45) is -4.14. The monoisotopic (exact) mass is 456 g/mol. The molecule has 2 aromatic carbocycles. The Hall–Kier alpha value is -3.95. The van der Waals surface area contributed by atoms with Gasteiger partial charge in [0, 0.05) is 24.3 Å². The highest BCUT2D eigenvalue weighted by Crippen LogP contribution is 2.29. The maximum atomic E-state index is 12.8. The van der Waals surface area contributed by atoms with E-state index in [2.05, 4.69) is 10.4 Å². The number of aryl methyl sites for hydroxylation is 2. The molecule has 2 heterocycles. The summed E-state index contributed by atoms with van der Waals surface area (Å²) >= 11 is 0. The molecule has 0 unspecified atom stereocenters. The number of fused-ring (bicyclic) bond motifs is 1. The van der Waals surface area contributed by atoms with Gasteiger partial charge in [0.15, 0.2) is 5.69 Å². The lowest BCUT2D eigenvalue weighted by Crippen LogP contribution is -2.30. The fourth-order valence-electron chi connectivity index (χ4n) is 3.62. The molecule has 0 atom stereocenters. The molecule has 0 saturated carbocycles. The Morgan fingerprint density at radius 2 is 1.67 bits per heavy atom. The van der Waals surface area contributed by atoms with Crippen LogP contribution in [0.3, 0.4) is 0 Å². The third-order valence-electron chi connectivity index (χ3n) is 5.26. The fraction of sp³-hybridized carbons (Fsp3) is 0.217. The number of hydrogen-bond donors (Lipinski definition) is 1. The molecule has 0 radical (unpaired) electrons. The third kappa shape index (κ3) is 4.36. The summed E-state index contributed by atoms with van der Waals surface area (Å²) in [5.41, 5.74) is 0.565. The van der Waals surface area contributed by atoms with Crippen LogP contribution in [0.2, 0.25) is 0 Å². The average Bonchev–Trinajstić information content (AvgIpc) is 3.29. The van der Waals surface area contributed by atoms with Crippen molar-refractivity contribution in [2.24, 2.45) is 0 Å². The molecule has 170 valence electrons. The molecule has 3 aromatic rings. The molecule has 1 aliphatic rings. The van der Waals surface area contributed by atoms with Crippen LogP contribution in [0.5, 0.6) is 0 Å². The highest BCUT2D eigenvalue weighted by Gasteiger charge is 2.36. The minimum atomic E-state index is -4.51. The van der Waals surface area contributed by atoms with Crippen molar-refractivity contribution in [2.75, 3.05) is 11.4 Å². The Balaban J connectivity index is 1.38. The summed E-state index contributed by atoms with van der Waals surface area (Å²) < 4.78 is 39.5. The summed E-state index contributed by atoms with van der Waals surface area (Å²) in [5, 5.41) is 6.24. The first-order chi connectivity index (χ1) is 15.7. The maximum absolute atomic E-state index is 12.8. The Morgan fingerprint density at radius 3 is 2.27 bits per heavy atom. The first-order valence-electron chi connectivity index (χ1n) is 10.1. The van der Waals surface area contributed by atoms with Crippen molar-refractivity contribution in [3.8, 4) is 0 Å². The first kappa shape index (κ1) is 22.3. The molecule has 0 fully saturated rings. The Bertz CT molecular complexity index is 1210. The van der Waals surface area contributed by atoms with Crippen molar-refractivity contribution in [1.29, 1.82) is 0 Å². The normalized spacial score (nSPS) is 13.4. The molecule has 0 bridgehead atoms. The number of nitrogens with one attached hydrogen (secondary N) is 1. The molecule has 1 N–H and O–H groups in total. The Morgan fingerprint density at radius 1 is 1.00 bits per heavy atom. The summed E-state index contributed by atoms with van der Waals surface area (Å²) in [7, 11) is 0. The van der Waals surface area contributed by atoms with Crippen LogP contribution in [0.4, 0.5) is 18.9 Å². The molecule has 0 saturated heterocycles. The summed E-state index contributed by atoms with van der Waals surface area (Å²) in [6.45, 7) is 1.94. The zero-order chi connectivity index (χ0) is 23.8. The number of anilines is 1. The molecule has 0 spiro atoms. The predicted octanol–water partition coefficient (Wildman–Crippen LogP) is 3.83. The molecule has 4 rings (SSSR count). The van der Waals surface area contributed by atoms with Crippen molar-refractivity contribution >= 4 is 23.4 Å². The van der Waals surface area contributed by atoms with Gasteiger partial charge in [-0.15, -0.1) is 0 Å². The zero-order valence-electron chi connectivity index (χ0n) is 17.5. The van der Waals surface area contributed by atoms with Crippen molar-refractivity contribution in [3.63, 3.8) is 0 Å². The number of rotatable bonds is 6. The van der Waals surface area contributed by atoms with Gasteiger partial charge < -0.3 is 5.32 Å². The van der Waals surface area contributed by atoms with Crippen LogP contribution in [0.1, 0.15) is 48.9 Å². The summed E-state index contributed by atoms with van der Waals surface area (Å²) in [6, 6.07) is 13.6. The quantitative estimate of drug-likeness (QED) is 0.451. The van der Waals surface area contributed by atoms with Crippen molar-refractivity contribution in [1.82, 2.24) is 15.1 Å². The second kappa shape index (κ2) is 8.53. The lowest BCUT2D eigenvalue weighted by atomic mass is 10.1. The minimum absolute atomic E-state index is 0.205. The van der Waals surface area contributed by atoms with E-state index in [0.29, 0.717) is 23.2 Å². The number of carbonyl (C=O) groups is 3. The fourth-order valence-corrected chi connectivity index (χ4v) is 3.62. The number of benzene rings is 2. The van der Waals surface area contributed by atoms with E-state index in [9.17, 15) is 27.6 Å². The van der Waals surface area contributed by atoms with Crippen LogP contribution < -0.4 is 10.2 Å². The van der Waals surface area contributed by atoms with Crippen molar-refractivity contribution < 1.29 is 27.6 Å². The molecular formula is C23H19F3N4O3. The predicted molar refractivity (Wildman–Crippen MR) is 113 cm³/mol. The largest absolute Gasteiger partial charge is 0.435 e. The second-order valence-corrected chi connectivity index (χ2v) is 7.54. The lowest BCUT2D eigenvalue weighted by molar-refractivity contribution is -0.141. The number of carbonyl (C=O) groups excluding carboxylic acids is 3. The van der Waals surface area contributed by atoms with Gasteiger partial charge in [-0.1, -0.05) is 18.2 Å². The Labute approximate surface area is 186 Å². The third-order valence-corrected chi connectivity index (χ3v) is 5.26. The van der Waals surface area contributed by atoms with Gasteiger partial charge in [-0.05, 0) is 49.7 Å². The zero-order valence-corrected chi connectivity index (χ0v) is 17.5. The minimum Gasteiger partial charge on any atom is -0.352 e. The number of hydrogen-bond acceptors (Lipinski definition) is 4. The van der Waals surface area contributed by atoms with E-state index in [4.69, 9.17) is 0 Å². The van der Waals surface area contributed by atoms with Crippen molar-refractivity contribution in [3.05, 3.63) is 82.7 Å². The molecule has 1 aromatic heterocycles. The van der Waals surface area contributed by atoms with Gasteiger partial charge in [0.25, 0.3) is 17.7 Å². The van der Waals surface area contributed by atoms with E-state index < -0.39 is 29.6 Å². The SMILES string of the molecule is Cc1cc(C(F)(F)F)nn1CCCNC(=O)c1cccc(N2C(=O)c3ccccc3C2=O)c1. The van der Waals surface area contributed by atoms with Gasteiger partial charge in [0.05, 0.1) is 16.8 Å². The highest BCUT2D eigenvalue weighted by atomic mass is 19.4. The number of alkyl halides is 3. The molecular weight excluding hydrogens is 437 g/mol. The standard InChI is InChI=1S/C23H19F3N4O3/c1-14-12-19(23(24,25)26)28-29(14)11-5-10-27-20(31)15-6-4-7-16(13-15)30-21(32)17-8-2-3-9-18(17)22(30)33/h2-4,6-9,12-13H,5,10-11H2,1H3,(H,27,31). The summed E-state index contributed by atoms with van der Waals surface area (Å²) in [5.74, 6) is -1.34. The van der Waals surface area contributed by atoms with E-state index in [1.807, 2.05) is 0 Å². The maximum Gasteiger partial charge on any atom is 0.435 e. The number of halogens is 3. The highest BCUT2D eigenvalue weighted by molar-refractivity contribution is 6.34.